The molecule has 21 heavy (non-hydrogen) atoms. The maximum absolute atomic E-state index is 3.84. The fourth-order valence-electron chi connectivity index (χ4n) is 3.14. The summed E-state index contributed by atoms with van der Waals surface area (Å²) < 4.78 is 0. The van der Waals surface area contributed by atoms with Crippen LogP contribution in [0.25, 0.3) is 0 Å². The predicted octanol–water partition coefficient (Wildman–Crippen LogP) is 4.32. The Hall–Kier alpha value is -0.510. The molecular formula is C18H30N2S. The number of hydrogen-bond donors (Lipinski definition) is 1. The molecule has 1 aromatic rings. The van der Waals surface area contributed by atoms with E-state index in [1.165, 1.54) is 42.8 Å². The fourth-order valence-corrected chi connectivity index (χ4v) is 3.55. The van der Waals surface area contributed by atoms with Crippen molar-refractivity contribution in [2.75, 3.05) is 19.3 Å². The summed E-state index contributed by atoms with van der Waals surface area (Å²) in [7, 11) is 0. The van der Waals surface area contributed by atoms with E-state index in [0.29, 0.717) is 18.1 Å². The molecule has 118 valence electrons. The van der Waals surface area contributed by atoms with E-state index < -0.39 is 0 Å². The third-order valence-corrected chi connectivity index (χ3v) is 5.34. The predicted molar refractivity (Wildman–Crippen MR) is 94.1 cm³/mol. The van der Waals surface area contributed by atoms with Gasteiger partial charge in [-0.25, -0.2) is 0 Å². The highest BCUT2D eigenvalue weighted by atomic mass is 32.2. The van der Waals surface area contributed by atoms with Crippen LogP contribution in [-0.2, 0) is 0 Å². The van der Waals surface area contributed by atoms with Crippen LogP contribution in [0.5, 0.6) is 0 Å². The minimum absolute atomic E-state index is 0.441. The first-order valence-electron chi connectivity index (χ1n) is 8.24. The zero-order valence-corrected chi connectivity index (χ0v) is 14.7. The van der Waals surface area contributed by atoms with Crippen LogP contribution < -0.4 is 5.32 Å². The number of nitrogens with zero attached hydrogens (tertiary/aromatic N) is 1. The number of rotatable bonds is 5. The molecule has 0 radical (unpaired) electrons. The van der Waals surface area contributed by atoms with Crippen LogP contribution in [0.15, 0.2) is 29.2 Å². The molecule has 2 nitrogen and oxygen atoms in total. The maximum atomic E-state index is 3.84. The molecule has 1 aromatic carbocycles. The van der Waals surface area contributed by atoms with Gasteiger partial charge in [-0.2, -0.15) is 0 Å². The van der Waals surface area contributed by atoms with Gasteiger partial charge in [0.2, 0.25) is 0 Å². The highest BCUT2D eigenvalue weighted by Gasteiger charge is 2.20. The fraction of sp³-hybridized carbons (Fsp3) is 0.667. The Balaban J connectivity index is 1.88. The van der Waals surface area contributed by atoms with Gasteiger partial charge in [-0.1, -0.05) is 12.1 Å². The SMILES string of the molecule is CSc1ccc(C(C)NC2CCCN(C(C)C)CC2)cc1. The number of likely N-dealkylation sites (tertiary alicyclic amines) is 1. The third-order valence-electron chi connectivity index (χ3n) is 4.59. The molecule has 1 aliphatic heterocycles. The zero-order chi connectivity index (χ0) is 15.2. The van der Waals surface area contributed by atoms with Crippen LogP contribution in [0.1, 0.15) is 51.6 Å². The Labute approximate surface area is 134 Å². The van der Waals surface area contributed by atoms with E-state index in [4.69, 9.17) is 0 Å². The Morgan fingerprint density at radius 3 is 2.43 bits per heavy atom. The first-order chi connectivity index (χ1) is 10.1. The van der Waals surface area contributed by atoms with Crippen LogP contribution in [0, 0.1) is 0 Å². The first-order valence-corrected chi connectivity index (χ1v) is 9.46. The van der Waals surface area contributed by atoms with Gasteiger partial charge in [-0.3, -0.25) is 0 Å². The molecular weight excluding hydrogens is 276 g/mol. The van der Waals surface area contributed by atoms with Gasteiger partial charge < -0.3 is 10.2 Å². The molecule has 1 saturated heterocycles. The highest BCUT2D eigenvalue weighted by molar-refractivity contribution is 7.98. The van der Waals surface area contributed by atoms with E-state index in [-0.39, 0.29) is 0 Å². The summed E-state index contributed by atoms with van der Waals surface area (Å²) in [5.41, 5.74) is 1.40. The monoisotopic (exact) mass is 306 g/mol. The summed E-state index contributed by atoms with van der Waals surface area (Å²) in [4.78, 5) is 3.95. The molecule has 1 N–H and O–H groups in total. The second kappa shape index (κ2) is 8.21. The first kappa shape index (κ1) is 16.9. The minimum atomic E-state index is 0.441. The number of nitrogens with one attached hydrogen (secondary N) is 1. The minimum Gasteiger partial charge on any atom is -0.307 e. The van der Waals surface area contributed by atoms with Crippen molar-refractivity contribution >= 4 is 11.8 Å². The van der Waals surface area contributed by atoms with Gasteiger partial charge in [0.25, 0.3) is 0 Å². The van der Waals surface area contributed by atoms with Crippen molar-refractivity contribution in [1.82, 2.24) is 10.2 Å². The molecule has 0 aliphatic carbocycles. The van der Waals surface area contributed by atoms with Gasteiger partial charge in [0.15, 0.2) is 0 Å². The second-order valence-electron chi connectivity index (χ2n) is 6.42. The average Bonchev–Trinajstić information content (AvgIpc) is 2.73. The van der Waals surface area contributed by atoms with Gasteiger partial charge in [-0.15, -0.1) is 11.8 Å². The summed E-state index contributed by atoms with van der Waals surface area (Å²) in [6.07, 6.45) is 6.01. The van der Waals surface area contributed by atoms with Crippen molar-refractivity contribution in [2.24, 2.45) is 0 Å². The average molecular weight is 307 g/mol. The molecule has 0 bridgehead atoms. The molecule has 1 fully saturated rings. The number of hydrogen-bond acceptors (Lipinski definition) is 3. The van der Waals surface area contributed by atoms with Crippen molar-refractivity contribution in [1.29, 1.82) is 0 Å². The Kier molecular flexibility index (Phi) is 6.59. The van der Waals surface area contributed by atoms with Crippen LogP contribution in [0.2, 0.25) is 0 Å². The summed E-state index contributed by atoms with van der Waals surface area (Å²) in [6, 6.07) is 10.8. The maximum Gasteiger partial charge on any atom is 0.0294 e. The molecule has 0 saturated carbocycles. The van der Waals surface area contributed by atoms with E-state index in [1.807, 2.05) is 0 Å². The number of benzene rings is 1. The normalized spacial score (nSPS) is 22.2. The van der Waals surface area contributed by atoms with E-state index >= 15 is 0 Å². The quantitative estimate of drug-likeness (QED) is 0.816. The van der Waals surface area contributed by atoms with Crippen molar-refractivity contribution in [3.8, 4) is 0 Å². The molecule has 0 aromatic heterocycles. The lowest BCUT2D eigenvalue weighted by Gasteiger charge is -2.25. The lowest BCUT2D eigenvalue weighted by Crippen LogP contribution is -2.34. The molecule has 2 unspecified atom stereocenters. The van der Waals surface area contributed by atoms with E-state index in [2.05, 4.69) is 61.5 Å². The van der Waals surface area contributed by atoms with Crippen molar-refractivity contribution in [3.63, 3.8) is 0 Å². The molecule has 3 heteroatoms. The Bertz CT molecular complexity index is 416. The van der Waals surface area contributed by atoms with Gasteiger partial charge >= 0.3 is 0 Å². The van der Waals surface area contributed by atoms with Crippen molar-refractivity contribution in [3.05, 3.63) is 29.8 Å². The Morgan fingerprint density at radius 2 is 1.81 bits per heavy atom. The van der Waals surface area contributed by atoms with Crippen LogP contribution in [0.3, 0.4) is 0 Å². The molecule has 2 atom stereocenters. The highest BCUT2D eigenvalue weighted by Crippen LogP contribution is 2.21. The second-order valence-corrected chi connectivity index (χ2v) is 7.30. The van der Waals surface area contributed by atoms with Crippen LogP contribution >= 0.6 is 11.8 Å². The van der Waals surface area contributed by atoms with Gasteiger partial charge in [0.1, 0.15) is 0 Å². The van der Waals surface area contributed by atoms with Crippen molar-refractivity contribution in [2.45, 2.75) is 63.1 Å². The van der Waals surface area contributed by atoms with Gasteiger partial charge in [0.05, 0.1) is 0 Å². The van der Waals surface area contributed by atoms with E-state index in [9.17, 15) is 0 Å². The lowest BCUT2D eigenvalue weighted by atomic mass is 10.0. The standard InChI is InChI=1S/C18H30N2S/c1-14(2)20-12-5-6-17(11-13-20)19-15(3)16-7-9-18(21-4)10-8-16/h7-10,14-15,17,19H,5-6,11-13H2,1-4H3. The molecule has 0 spiro atoms. The van der Waals surface area contributed by atoms with Crippen LogP contribution in [-0.4, -0.2) is 36.3 Å². The molecule has 2 rings (SSSR count). The van der Waals surface area contributed by atoms with Gasteiger partial charge in [0, 0.05) is 23.0 Å². The Morgan fingerprint density at radius 1 is 1.10 bits per heavy atom. The summed E-state index contributed by atoms with van der Waals surface area (Å²) in [5, 5.41) is 3.84. The smallest absolute Gasteiger partial charge is 0.0294 e. The lowest BCUT2D eigenvalue weighted by molar-refractivity contribution is 0.228. The topological polar surface area (TPSA) is 15.3 Å². The van der Waals surface area contributed by atoms with E-state index in [0.717, 1.165) is 0 Å². The van der Waals surface area contributed by atoms with E-state index in [1.54, 1.807) is 11.8 Å². The summed E-state index contributed by atoms with van der Waals surface area (Å²) >= 11 is 1.80. The van der Waals surface area contributed by atoms with Crippen molar-refractivity contribution < 1.29 is 0 Å². The molecule has 1 aliphatic rings. The largest absolute Gasteiger partial charge is 0.307 e. The third kappa shape index (κ3) is 5.01. The molecule has 1 heterocycles. The molecule has 0 amide bonds. The van der Waals surface area contributed by atoms with Gasteiger partial charge in [-0.05, 0) is 77.1 Å². The number of thioether (sulfide) groups is 1. The van der Waals surface area contributed by atoms with Crippen LogP contribution in [0.4, 0.5) is 0 Å². The summed E-state index contributed by atoms with van der Waals surface area (Å²) in [6.45, 7) is 9.40. The zero-order valence-electron chi connectivity index (χ0n) is 13.9. The summed E-state index contributed by atoms with van der Waals surface area (Å²) in [5.74, 6) is 0.